The minimum Gasteiger partial charge on any atom is -0.478 e. The number of carboxylic acids is 1. The summed E-state index contributed by atoms with van der Waals surface area (Å²) in [7, 11) is 0. The van der Waals surface area contributed by atoms with E-state index in [1.807, 2.05) is 0 Å². The van der Waals surface area contributed by atoms with Crippen LogP contribution in [0, 0.1) is 11.6 Å². The fourth-order valence-corrected chi connectivity index (χ4v) is 3.13. The normalized spacial score (nSPS) is 15.3. The van der Waals surface area contributed by atoms with E-state index in [1.165, 1.54) is 24.3 Å². The second-order valence-corrected chi connectivity index (χ2v) is 6.29. The molecule has 4 nitrogen and oxygen atoms in total. The average Bonchev–Trinajstić information content (AvgIpc) is 2.52. The maximum Gasteiger partial charge on any atom is 0.335 e. The van der Waals surface area contributed by atoms with Gasteiger partial charge in [0.2, 0.25) is 5.91 Å². The number of carboxylic acid groups (broad SMARTS) is 1. The van der Waals surface area contributed by atoms with Gasteiger partial charge in [0.1, 0.15) is 11.6 Å². The third-order valence-corrected chi connectivity index (χ3v) is 4.60. The zero-order valence-corrected chi connectivity index (χ0v) is 13.4. The molecule has 0 atom stereocenters. The smallest absolute Gasteiger partial charge is 0.335 e. The molecule has 0 saturated heterocycles. The number of benzene rings is 2. The Labute approximate surface area is 143 Å². The van der Waals surface area contributed by atoms with Gasteiger partial charge in [0.15, 0.2) is 0 Å². The monoisotopic (exact) mass is 345 g/mol. The zero-order valence-electron chi connectivity index (χ0n) is 13.4. The Morgan fingerprint density at radius 1 is 1.08 bits per heavy atom. The van der Waals surface area contributed by atoms with E-state index in [2.05, 4.69) is 5.32 Å². The number of carbonyl (C=O) groups excluding carboxylic acids is 1. The maximum absolute atomic E-state index is 14.1. The van der Waals surface area contributed by atoms with Crippen LogP contribution in [0.3, 0.4) is 0 Å². The molecule has 1 saturated carbocycles. The Morgan fingerprint density at radius 3 is 2.28 bits per heavy atom. The van der Waals surface area contributed by atoms with E-state index in [9.17, 15) is 18.4 Å². The summed E-state index contributed by atoms with van der Waals surface area (Å²) in [6, 6.07) is 9.42. The molecule has 0 spiro atoms. The summed E-state index contributed by atoms with van der Waals surface area (Å²) >= 11 is 0. The van der Waals surface area contributed by atoms with Gasteiger partial charge >= 0.3 is 5.97 Å². The van der Waals surface area contributed by atoms with Gasteiger partial charge < -0.3 is 10.4 Å². The lowest BCUT2D eigenvalue weighted by Gasteiger charge is -2.43. The van der Waals surface area contributed by atoms with Crippen molar-refractivity contribution in [2.75, 3.05) is 0 Å². The summed E-state index contributed by atoms with van der Waals surface area (Å²) in [6.45, 7) is 0. The molecule has 3 rings (SSSR count). The van der Waals surface area contributed by atoms with Crippen molar-refractivity contribution < 1.29 is 23.5 Å². The van der Waals surface area contributed by atoms with E-state index in [0.717, 1.165) is 12.5 Å². The van der Waals surface area contributed by atoms with E-state index in [1.54, 1.807) is 12.1 Å². The standard InChI is InChI=1S/C19H17F2NO3/c20-14-6-7-15(16(21)11-14)19(8-1-9-19)22-17(23)10-12-2-4-13(5-3-12)18(24)25/h2-7,11H,1,8-10H2,(H,22,23)(H,24,25). The van der Waals surface area contributed by atoms with Crippen molar-refractivity contribution in [1.82, 2.24) is 5.32 Å². The van der Waals surface area contributed by atoms with Crippen molar-refractivity contribution in [3.63, 3.8) is 0 Å². The molecule has 0 aliphatic heterocycles. The van der Waals surface area contributed by atoms with Gasteiger partial charge in [-0.05, 0) is 43.0 Å². The molecular formula is C19H17F2NO3. The average molecular weight is 345 g/mol. The zero-order chi connectivity index (χ0) is 18.0. The first-order valence-corrected chi connectivity index (χ1v) is 7.98. The molecule has 0 unspecified atom stereocenters. The van der Waals surface area contributed by atoms with Crippen LogP contribution >= 0.6 is 0 Å². The van der Waals surface area contributed by atoms with E-state index in [4.69, 9.17) is 5.11 Å². The first-order chi connectivity index (χ1) is 11.9. The van der Waals surface area contributed by atoms with Crippen LogP contribution in [0.25, 0.3) is 0 Å². The van der Waals surface area contributed by atoms with Crippen LogP contribution in [0.15, 0.2) is 42.5 Å². The van der Waals surface area contributed by atoms with Crippen LogP contribution in [-0.2, 0) is 16.8 Å². The molecule has 0 aromatic heterocycles. The fourth-order valence-electron chi connectivity index (χ4n) is 3.13. The summed E-state index contributed by atoms with van der Waals surface area (Å²) < 4.78 is 27.2. The highest BCUT2D eigenvalue weighted by molar-refractivity contribution is 5.87. The molecule has 1 amide bonds. The minimum atomic E-state index is -1.03. The Bertz CT molecular complexity index is 814. The molecule has 25 heavy (non-hydrogen) atoms. The summed E-state index contributed by atoms with van der Waals surface area (Å²) in [4.78, 5) is 23.2. The third kappa shape index (κ3) is 3.52. The van der Waals surface area contributed by atoms with Crippen LogP contribution in [0.4, 0.5) is 8.78 Å². The first-order valence-electron chi connectivity index (χ1n) is 7.98. The molecular weight excluding hydrogens is 328 g/mol. The Kier molecular flexibility index (Phi) is 4.53. The number of rotatable bonds is 5. The molecule has 2 aromatic carbocycles. The largest absolute Gasteiger partial charge is 0.478 e. The lowest BCUT2D eigenvalue weighted by molar-refractivity contribution is -0.123. The predicted octanol–water partition coefficient (Wildman–Crippen LogP) is 3.40. The van der Waals surface area contributed by atoms with Crippen LogP contribution < -0.4 is 5.32 Å². The minimum absolute atomic E-state index is 0.0600. The fraction of sp³-hybridized carbons (Fsp3) is 0.263. The molecule has 2 N–H and O–H groups in total. The van der Waals surface area contributed by atoms with Crippen molar-refractivity contribution in [2.24, 2.45) is 0 Å². The SMILES string of the molecule is O=C(Cc1ccc(C(=O)O)cc1)NC1(c2ccc(F)cc2F)CCC1. The van der Waals surface area contributed by atoms with Gasteiger partial charge in [-0.25, -0.2) is 13.6 Å². The first kappa shape index (κ1) is 17.1. The van der Waals surface area contributed by atoms with Crippen molar-refractivity contribution in [1.29, 1.82) is 0 Å². The van der Waals surface area contributed by atoms with Gasteiger partial charge in [-0.15, -0.1) is 0 Å². The third-order valence-electron chi connectivity index (χ3n) is 4.60. The van der Waals surface area contributed by atoms with Gasteiger partial charge in [0.25, 0.3) is 0 Å². The van der Waals surface area contributed by atoms with Crippen LogP contribution in [0.2, 0.25) is 0 Å². The van der Waals surface area contributed by atoms with Gasteiger partial charge in [0.05, 0.1) is 17.5 Å². The number of carbonyl (C=O) groups is 2. The Morgan fingerprint density at radius 2 is 1.76 bits per heavy atom. The summed E-state index contributed by atoms with van der Waals surface area (Å²) in [6.07, 6.45) is 2.10. The van der Waals surface area contributed by atoms with Gasteiger partial charge in [-0.3, -0.25) is 4.79 Å². The lowest BCUT2D eigenvalue weighted by atomic mass is 9.71. The molecule has 130 valence electrons. The van der Waals surface area contributed by atoms with Crippen molar-refractivity contribution >= 4 is 11.9 Å². The molecule has 1 fully saturated rings. The van der Waals surface area contributed by atoms with Crippen molar-refractivity contribution in [3.8, 4) is 0 Å². The van der Waals surface area contributed by atoms with Crippen molar-refractivity contribution in [2.45, 2.75) is 31.2 Å². The molecule has 6 heteroatoms. The van der Waals surface area contributed by atoms with Crippen LogP contribution in [0.1, 0.15) is 40.7 Å². The predicted molar refractivity (Wildman–Crippen MR) is 87.1 cm³/mol. The van der Waals surface area contributed by atoms with E-state index < -0.39 is 23.1 Å². The number of aromatic carboxylic acids is 1. The summed E-state index contributed by atoms with van der Waals surface area (Å²) in [5.74, 6) is -2.63. The topological polar surface area (TPSA) is 66.4 Å². The number of hydrogen-bond acceptors (Lipinski definition) is 2. The van der Waals surface area contributed by atoms with Crippen LogP contribution in [0.5, 0.6) is 0 Å². The van der Waals surface area contributed by atoms with Gasteiger partial charge in [-0.1, -0.05) is 18.2 Å². The molecule has 0 heterocycles. The highest BCUT2D eigenvalue weighted by atomic mass is 19.1. The van der Waals surface area contributed by atoms with E-state index >= 15 is 0 Å². The molecule has 0 radical (unpaired) electrons. The lowest BCUT2D eigenvalue weighted by Crippen LogP contribution is -2.51. The molecule has 1 aliphatic rings. The quantitative estimate of drug-likeness (QED) is 0.873. The molecule has 1 aliphatic carbocycles. The molecule has 2 aromatic rings. The summed E-state index contributed by atoms with van der Waals surface area (Å²) in [5.41, 5.74) is 0.315. The Balaban J connectivity index is 1.73. The number of amides is 1. The highest BCUT2D eigenvalue weighted by Crippen LogP contribution is 2.42. The van der Waals surface area contributed by atoms with Gasteiger partial charge in [0, 0.05) is 11.6 Å². The highest BCUT2D eigenvalue weighted by Gasteiger charge is 2.41. The maximum atomic E-state index is 14.1. The molecule has 0 bridgehead atoms. The van der Waals surface area contributed by atoms with Gasteiger partial charge in [-0.2, -0.15) is 0 Å². The number of halogens is 2. The van der Waals surface area contributed by atoms with Crippen molar-refractivity contribution in [3.05, 3.63) is 70.8 Å². The van der Waals surface area contributed by atoms with E-state index in [0.29, 0.717) is 24.0 Å². The van der Waals surface area contributed by atoms with E-state index in [-0.39, 0.29) is 17.9 Å². The Hall–Kier alpha value is -2.76. The second-order valence-electron chi connectivity index (χ2n) is 6.29. The number of hydrogen-bond donors (Lipinski definition) is 2. The summed E-state index contributed by atoms with van der Waals surface area (Å²) in [5, 5.41) is 11.8. The second kappa shape index (κ2) is 6.63. The van der Waals surface area contributed by atoms with Crippen LogP contribution in [-0.4, -0.2) is 17.0 Å². The number of nitrogens with one attached hydrogen (secondary N) is 1.